The fraction of sp³-hybridized carbons (Fsp3) is 0.214. The molecule has 2 heterocycles. The number of pyridine rings is 2. The molecule has 2 aromatic heterocycles. The molecule has 0 atom stereocenters. The van der Waals surface area contributed by atoms with Gasteiger partial charge in [-0.2, -0.15) is 13.2 Å². The summed E-state index contributed by atoms with van der Waals surface area (Å²) >= 11 is 3.20. The summed E-state index contributed by atoms with van der Waals surface area (Å²) in [5.74, 6) is -0.582. The molecule has 5 nitrogen and oxygen atoms in total. The van der Waals surface area contributed by atoms with Crippen LogP contribution in [0.25, 0.3) is 0 Å². The SMILES string of the molecule is O=C(NCc1cccnc1OCC(F)(F)F)c1cncc(Br)c1. The summed E-state index contributed by atoms with van der Waals surface area (Å²) in [4.78, 5) is 19.6. The van der Waals surface area contributed by atoms with Crippen molar-refractivity contribution >= 4 is 21.8 Å². The first-order valence-electron chi connectivity index (χ1n) is 6.37. The van der Waals surface area contributed by atoms with Crippen molar-refractivity contribution in [2.45, 2.75) is 12.7 Å². The number of halogens is 4. The number of hydrogen-bond donors (Lipinski definition) is 1. The molecule has 2 aromatic rings. The summed E-state index contributed by atoms with van der Waals surface area (Å²) in [6, 6.07) is 4.65. The largest absolute Gasteiger partial charge is 0.468 e. The van der Waals surface area contributed by atoms with E-state index in [2.05, 4.69) is 36.0 Å². The molecular weight excluding hydrogens is 379 g/mol. The van der Waals surface area contributed by atoms with Crippen molar-refractivity contribution in [1.29, 1.82) is 0 Å². The fourth-order valence-corrected chi connectivity index (χ4v) is 2.02. The topological polar surface area (TPSA) is 64.1 Å². The number of alkyl halides is 3. The second-order valence-electron chi connectivity index (χ2n) is 4.45. The van der Waals surface area contributed by atoms with Gasteiger partial charge in [-0.3, -0.25) is 9.78 Å². The molecule has 1 amide bonds. The van der Waals surface area contributed by atoms with Gasteiger partial charge < -0.3 is 10.1 Å². The normalized spacial score (nSPS) is 11.1. The molecule has 0 unspecified atom stereocenters. The van der Waals surface area contributed by atoms with E-state index in [1.165, 1.54) is 24.7 Å². The zero-order valence-corrected chi connectivity index (χ0v) is 13.2. The van der Waals surface area contributed by atoms with Crippen molar-refractivity contribution < 1.29 is 22.7 Å². The monoisotopic (exact) mass is 389 g/mol. The van der Waals surface area contributed by atoms with Gasteiger partial charge in [0, 0.05) is 35.2 Å². The van der Waals surface area contributed by atoms with E-state index in [0.29, 0.717) is 15.6 Å². The number of carbonyl (C=O) groups excluding carboxylic acids is 1. The van der Waals surface area contributed by atoms with Gasteiger partial charge in [0.15, 0.2) is 6.61 Å². The molecule has 9 heteroatoms. The van der Waals surface area contributed by atoms with Gasteiger partial charge in [0.2, 0.25) is 5.88 Å². The van der Waals surface area contributed by atoms with Gasteiger partial charge >= 0.3 is 6.18 Å². The minimum Gasteiger partial charge on any atom is -0.468 e. The lowest BCUT2D eigenvalue weighted by Gasteiger charge is -2.12. The van der Waals surface area contributed by atoms with Crippen molar-refractivity contribution in [2.24, 2.45) is 0 Å². The summed E-state index contributed by atoms with van der Waals surface area (Å²) in [5.41, 5.74) is 0.661. The first-order chi connectivity index (χ1) is 10.8. The Kier molecular flexibility index (Phi) is 5.54. The third-order valence-electron chi connectivity index (χ3n) is 2.63. The van der Waals surface area contributed by atoms with E-state index < -0.39 is 18.7 Å². The highest BCUT2D eigenvalue weighted by Crippen LogP contribution is 2.20. The van der Waals surface area contributed by atoms with E-state index in [-0.39, 0.29) is 12.4 Å². The molecule has 122 valence electrons. The Morgan fingerprint density at radius 2 is 2.13 bits per heavy atom. The Hall–Kier alpha value is -2.16. The first-order valence-corrected chi connectivity index (χ1v) is 7.16. The number of aromatic nitrogens is 2. The van der Waals surface area contributed by atoms with E-state index in [4.69, 9.17) is 0 Å². The van der Waals surface area contributed by atoms with Crippen molar-refractivity contribution in [1.82, 2.24) is 15.3 Å². The van der Waals surface area contributed by atoms with Crippen molar-refractivity contribution in [3.63, 3.8) is 0 Å². The number of carbonyl (C=O) groups is 1. The quantitative estimate of drug-likeness (QED) is 0.853. The highest BCUT2D eigenvalue weighted by atomic mass is 79.9. The molecule has 0 bridgehead atoms. The van der Waals surface area contributed by atoms with Gasteiger partial charge in [0.05, 0.1) is 5.56 Å². The van der Waals surface area contributed by atoms with Crippen LogP contribution < -0.4 is 10.1 Å². The van der Waals surface area contributed by atoms with Crippen LogP contribution in [-0.2, 0) is 6.54 Å². The van der Waals surface area contributed by atoms with Crippen molar-refractivity contribution in [3.8, 4) is 5.88 Å². The predicted molar refractivity (Wildman–Crippen MR) is 78.9 cm³/mol. The van der Waals surface area contributed by atoms with Crippen LogP contribution in [0, 0.1) is 0 Å². The molecule has 0 saturated carbocycles. The Balaban J connectivity index is 2.01. The van der Waals surface area contributed by atoms with Crippen LogP contribution in [0.1, 0.15) is 15.9 Å². The fourth-order valence-electron chi connectivity index (χ4n) is 1.65. The van der Waals surface area contributed by atoms with Crippen molar-refractivity contribution in [2.75, 3.05) is 6.61 Å². The third kappa shape index (κ3) is 5.51. The van der Waals surface area contributed by atoms with Crippen LogP contribution in [-0.4, -0.2) is 28.7 Å². The number of amides is 1. The van der Waals surface area contributed by atoms with Gasteiger partial charge in [0.25, 0.3) is 5.91 Å². The maximum absolute atomic E-state index is 12.2. The van der Waals surface area contributed by atoms with E-state index in [1.807, 2.05) is 0 Å². The lowest BCUT2D eigenvalue weighted by atomic mass is 10.2. The third-order valence-corrected chi connectivity index (χ3v) is 3.06. The minimum atomic E-state index is -4.46. The summed E-state index contributed by atoms with van der Waals surface area (Å²) in [6.07, 6.45) is -0.235. The van der Waals surface area contributed by atoms with E-state index in [9.17, 15) is 18.0 Å². The predicted octanol–water partition coefficient (Wildman–Crippen LogP) is 3.11. The number of nitrogens with one attached hydrogen (secondary N) is 1. The number of nitrogens with zero attached hydrogens (tertiary/aromatic N) is 2. The Bertz CT molecular complexity index is 695. The summed E-state index contributed by atoms with van der Waals surface area (Å²) < 4.78 is 41.9. The molecule has 1 N–H and O–H groups in total. The van der Waals surface area contributed by atoms with E-state index in [1.54, 1.807) is 12.1 Å². The van der Waals surface area contributed by atoms with Gasteiger partial charge in [0.1, 0.15) is 0 Å². The maximum Gasteiger partial charge on any atom is 0.422 e. The van der Waals surface area contributed by atoms with E-state index in [0.717, 1.165) is 0 Å². The van der Waals surface area contributed by atoms with E-state index >= 15 is 0 Å². The summed E-state index contributed by atoms with van der Waals surface area (Å²) in [7, 11) is 0. The molecule has 23 heavy (non-hydrogen) atoms. The second kappa shape index (κ2) is 7.40. The standard InChI is InChI=1S/C14H11BrF3N3O2/c15-11-4-10(5-19-7-11)12(22)21-6-9-2-1-3-20-13(9)23-8-14(16,17)18/h1-5,7H,6,8H2,(H,21,22). The zero-order chi connectivity index (χ0) is 16.9. The second-order valence-corrected chi connectivity index (χ2v) is 5.36. The van der Waals surface area contributed by atoms with Crippen LogP contribution in [0.4, 0.5) is 13.2 Å². The molecule has 0 fully saturated rings. The van der Waals surface area contributed by atoms with Crippen LogP contribution in [0.5, 0.6) is 5.88 Å². The van der Waals surface area contributed by atoms with Crippen LogP contribution in [0.15, 0.2) is 41.3 Å². The van der Waals surface area contributed by atoms with Crippen LogP contribution in [0.2, 0.25) is 0 Å². The Morgan fingerprint density at radius 3 is 2.83 bits per heavy atom. The lowest BCUT2D eigenvalue weighted by molar-refractivity contribution is -0.154. The Morgan fingerprint density at radius 1 is 1.35 bits per heavy atom. The highest BCUT2D eigenvalue weighted by Gasteiger charge is 2.29. The highest BCUT2D eigenvalue weighted by molar-refractivity contribution is 9.10. The van der Waals surface area contributed by atoms with Crippen LogP contribution >= 0.6 is 15.9 Å². The molecule has 0 spiro atoms. The van der Waals surface area contributed by atoms with Crippen molar-refractivity contribution in [3.05, 3.63) is 52.4 Å². The molecule has 0 aromatic carbocycles. The number of hydrogen-bond acceptors (Lipinski definition) is 4. The molecule has 0 aliphatic rings. The average molecular weight is 390 g/mol. The van der Waals surface area contributed by atoms with Gasteiger partial charge in [-0.15, -0.1) is 0 Å². The van der Waals surface area contributed by atoms with Gasteiger partial charge in [-0.1, -0.05) is 6.07 Å². The average Bonchev–Trinajstić information content (AvgIpc) is 2.50. The molecule has 0 aliphatic heterocycles. The smallest absolute Gasteiger partial charge is 0.422 e. The van der Waals surface area contributed by atoms with Gasteiger partial charge in [-0.25, -0.2) is 4.98 Å². The Labute approximate surface area is 138 Å². The molecule has 0 radical (unpaired) electrons. The number of ether oxygens (including phenoxy) is 1. The minimum absolute atomic E-state index is 0.0215. The maximum atomic E-state index is 12.2. The van der Waals surface area contributed by atoms with Gasteiger partial charge in [-0.05, 0) is 28.1 Å². The number of rotatable bonds is 5. The molecule has 0 aliphatic carbocycles. The lowest BCUT2D eigenvalue weighted by Crippen LogP contribution is -2.24. The molecule has 0 saturated heterocycles. The first kappa shape index (κ1) is 17.2. The molecular formula is C14H11BrF3N3O2. The zero-order valence-electron chi connectivity index (χ0n) is 11.6. The summed E-state index contributed by atoms with van der Waals surface area (Å²) in [5, 5.41) is 2.58. The van der Waals surface area contributed by atoms with Crippen LogP contribution in [0.3, 0.4) is 0 Å². The summed E-state index contributed by atoms with van der Waals surface area (Å²) in [6.45, 7) is -1.47. The molecule has 2 rings (SSSR count).